The lowest BCUT2D eigenvalue weighted by atomic mass is 9.98. The summed E-state index contributed by atoms with van der Waals surface area (Å²) in [4.78, 5) is 0. The minimum atomic E-state index is 0.336. The lowest BCUT2D eigenvalue weighted by Gasteiger charge is -2.17. The Balaban J connectivity index is 2.25. The molecule has 0 saturated heterocycles. The molecule has 0 saturated carbocycles. The van der Waals surface area contributed by atoms with Crippen molar-refractivity contribution in [3.63, 3.8) is 0 Å². The minimum Gasteiger partial charge on any atom is -0.313 e. The quantitative estimate of drug-likeness (QED) is 0.769. The van der Waals surface area contributed by atoms with Gasteiger partial charge in [-0.1, -0.05) is 24.3 Å². The fourth-order valence-corrected chi connectivity index (χ4v) is 4.99. The van der Waals surface area contributed by atoms with Crippen molar-refractivity contribution in [1.29, 1.82) is 0 Å². The van der Waals surface area contributed by atoms with Crippen LogP contribution in [0.3, 0.4) is 0 Å². The lowest BCUT2D eigenvalue weighted by molar-refractivity contribution is 0.590. The highest BCUT2D eigenvalue weighted by Gasteiger charge is 2.16. The van der Waals surface area contributed by atoms with Crippen LogP contribution in [0.25, 0.3) is 0 Å². The van der Waals surface area contributed by atoms with Gasteiger partial charge in [0.2, 0.25) is 0 Å². The molecule has 18 heavy (non-hydrogen) atoms. The van der Waals surface area contributed by atoms with Crippen molar-refractivity contribution in [2.75, 3.05) is 7.05 Å². The predicted octanol–water partition coefficient (Wildman–Crippen LogP) is 5.08. The standard InChI is InChI=1S/C14H15Br2NS/c1-9-5-3-4-6-10(9)7-12(17-2)11-8-13(15)18-14(11)16/h3-6,8,12,17H,7H2,1-2H3. The predicted molar refractivity (Wildman–Crippen MR) is 86.4 cm³/mol. The maximum atomic E-state index is 3.64. The molecule has 0 aliphatic heterocycles. The summed E-state index contributed by atoms with van der Waals surface area (Å²) in [6.07, 6.45) is 1.00. The van der Waals surface area contributed by atoms with E-state index in [1.807, 2.05) is 7.05 Å². The first-order valence-electron chi connectivity index (χ1n) is 5.78. The molecule has 1 aromatic carbocycles. The molecule has 96 valence electrons. The number of hydrogen-bond donors (Lipinski definition) is 1. The number of nitrogens with one attached hydrogen (secondary N) is 1. The molecule has 1 unspecified atom stereocenters. The topological polar surface area (TPSA) is 12.0 Å². The summed E-state index contributed by atoms with van der Waals surface area (Å²) in [5.41, 5.74) is 4.06. The maximum Gasteiger partial charge on any atom is 0.0758 e. The van der Waals surface area contributed by atoms with Crippen LogP contribution in [0.5, 0.6) is 0 Å². The van der Waals surface area contributed by atoms with E-state index in [-0.39, 0.29) is 0 Å². The Hall–Kier alpha value is -0.160. The second-order valence-corrected chi connectivity index (χ2v) is 8.00. The van der Waals surface area contributed by atoms with Gasteiger partial charge in [-0.2, -0.15) is 0 Å². The second kappa shape index (κ2) is 6.33. The molecule has 0 aliphatic carbocycles. The van der Waals surface area contributed by atoms with Gasteiger partial charge in [0.15, 0.2) is 0 Å². The van der Waals surface area contributed by atoms with Gasteiger partial charge in [0.05, 0.1) is 7.57 Å². The highest BCUT2D eigenvalue weighted by atomic mass is 79.9. The minimum absolute atomic E-state index is 0.336. The Kier molecular flexibility index (Phi) is 5.01. The van der Waals surface area contributed by atoms with Crippen molar-refractivity contribution in [2.45, 2.75) is 19.4 Å². The van der Waals surface area contributed by atoms with Gasteiger partial charge in [0, 0.05) is 6.04 Å². The monoisotopic (exact) mass is 387 g/mol. The third-order valence-corrected chi connectivity index (χ3v) is 5.48. The molecule has 2 rings (SSSR count). The van der Waals surface area contributed by atoms with E-state index in [0.29, 0.717) is 6.04 Å². The van der Waals surface area contributed by atoms with Crippen LogP contribution in [0.15, 0.2) is 37.9 Å². The zero-order valence-electron chi connectivity index (χ0n) is 10.3. The van der Waals surface area contributed by atoms with E-state index in [1.54, 1.807) is 11.3 Å². The van der Waals surface area contributed by atoms with Crippen LogP contribution >= 0.6 is 43.2 Å². The lowest BCUT2D eigenvalue weighted by Crippen LogP contribution is -2.19. The van der Waals surface area contributed by atoms with Gasteiger partial charge in [0.1, 0.15) is 0 Å². The summed E-state index contributed by atoms with van der Waals surface area (Å²) in [5, 5.41) is 3.40. The summed E-state index contributed by atoms with van der Waals surface area (Å²) in [6, 6.07) is 11.1. The Morgan fingerprint density at radius 3 is 2.56 bits per heavy atom. The molecular formula is C14H15Br2NS. The largest absolute Gasteiger partial charge is 0.313 e. The van der Waals surface area contributed by atoms with Crippen molar-refractivity contribution in [3.05, 3.63) is 54.6 Å². The molecule has 0 radical (unpaired) electrons. The summed E-state index contributed by atoms with van der Waals surface area (Å²) in [5.74, 6) is 0. The van der Waals surface area contributed by atoms with Crippen LogP contribution in [-0.4, -0.2) is 7.05 Å². The molecule has 1 atom stereocenters. The molecule has 1 nitrogen and oxygen atoms in total. The number of halogens is 2. The molecule has 4 heteroatoms. The zero-order chi connectivity index (χ0) is 13.1. The van der Waals surface area contributed by atoms with Gasteiger partial charge in [-0.3, -0.25) is 0 Å². The Labute approximate surface area is 129 Å². The van der Waals surface area contributed by atoms with E-state index in [1.165, 1.54) is 20.5 Å². The zero-order valence-corrected chi connectivity index (χ0v) is 14.3. The first-order chi connectivity index (χ1) is 8.61. The molecule has 0 bridgehead atoms. The number of likely N-dealkylation sites (N-methyl/N-ethyl adjacent to an activating group) is 1. The Morgan fingerprint density at radius 1 is 1.28 bits per heavy atom. The van der Waals surface area contributed by atoms with Gasteiger partial charge in [0.25, 0.3) is 0 Å². The van der Waals surface area contributed by atoms with Gasteiger partial charge in [-0.25, -0.2) is 0 Å². The Bertz CT molecular complexity index is 536. The van der Waals surface area contributed by atoms with Crippen LogP contribution in [0, 0.1) is 6.92 Å². The first kappa shape index (κ1) is 14.3. The Morgan fingerprint density at radius 2 is 2.00 bits per heavy atom. The third kappa shape index (κ3) is 3.23. The van der Waals surface area contributed by atoms with Gasteiger partial charge in [-0.05, 0) is 75.0 Å². The summed E-state index contributed by atoms with van der Waals surface area (Å²) in [7, 11) is 2.01. The number of hydrogen-bond acceptors (Lipinski definition) is 2. The van der Waals surface area contributed by atoms with Gasteiger partial charge in [-0.15, -0.1) is 11.3 Å². The van der Waals surface area contributed by atoms with Gasteiger partial charge >= 0.3 is 0 Å². The van der Waals surface area contributed by atoms with Crippen molar-refractivity contribution in [3.8, 4) is 0 Å². The highest BCUT2D eigenvalue weighted by molar-refractivity contribution is 9.12. The summed E-state index contributed by atoms with van der Waals surface area (Å²) in [6.45, 7) is 2.17. The molecule has 0 fully saturated rings. The number of thiophene rings is 1. The van der Waals surface area contributed by atoms with Crippen LogP contribution in [0.4, 0.5) is 0 Å². The van der Waals surface area contributed by atoms with Crippen molar-refractivity contribution in [2.24, 2.45) is 0 Å². The normalized spacial score (nSPS) is 12.7. The third-order valence-electron chi connectivity index (χ3n) is 3.09. The van der Waals surface area contributed by atoms with Crippen LogP contribution in [0.2, 0.25) is 0 Å². The van der Waals surface area contributed by atoms with Crippen molar-refractivity contribution < 1.29 is 0 Å². The molecule has 1 heterocycles. The van der Waals surface area contributed by atoms with Crippen LogP contribution in [0.1, 0.15) is 22.7 Å². The summed E-state index contributed by atoms with van der Waals surface area (Å²) >= 11 is 8.90. The van der Waals surface area contributed by atoms with Crippen LogP contribution in [-0.2, 0) is 6.42 Å². The van der Waals surface area contributed by atoms with E-state index in [2.05, 4.69) is 74.4 Å². The van der Waals surface area contributed by atoms with E-state index in [4.69, 9.17) is 0 Å². The summed E-state index contributed by atoms with van der Waals surface area (Å²) < 4.78 is 2.36. The molecule has 1 N–H and O–H groups in total. The molecule has 2 aromatic rings. The molecule has 1 aromatic heterocycles. The molecule has 0 amide bonds. The number of aryl methyl sites for hydroxylation is 1. The molecule has 0 aliphatic rings. The van der Waals surface area contributed by atoms with E-state index < -0.39 is 0 Å². The SMILES string of the molecule is CNC(Cc1ccccc1C)c1cc(Br)sc1Br. The molecule has 0 spiro atoms. The second-order valence-electron chi connectivity index (χ2n) is 4.25. The van der Waals surface area contributed by atoms with E-state index in [0.717, 1.165) is 10.2 Å². The average molecular weight is 389 g/mol. The fourth-order valence-electron chi connectivity index (χ4n) is 2.02. The van der Waals surface area contributed by atoms with E-state index in [9.17, 15) is 0 Å². The fraction of sp³-hybridized carbons (Fsp3) is 0.286. The number of rotatable bonds is 4. The maximum absolute atomic E-state index is 3.64. The van der Waals surface area contributed by atoms with Crippen molar-refractivity contribution >= 4 is 43.2 Å². The molecular weight excluding hydrogens is 374 g/mol. The number of benzene rings is 1. The van der Waals surface area contributed by atoms with Gasteiger partial charge < -0.3 is 5.32 Å². The highest BCUT2D eigenvalue weighted by Crippen LogP contribution is 2.36. The average Bonchev–Trinajstić information content (AvgIpc) is 2.67. The smallest absolute Gasteiger partial charge is 0.0758 e. The first-order valence-corrected chi connectivity index (χ1v) is 8.18. The van der Waals surface area contributed by atoms with Crippen molar-refractivity contribution in [1.82, 2.24) is 5.32 Å². The van der Waals surface area contributed by atoms with Crippen LogP contribution < -0.4 is 5.32 Å². The van der Waals surface area contributed by atoms with E-state index >= 15 is 0 Å².